The number of carbonyl (C=O) groups is 4. The molecule has 0 spiro atoms. The summed E-state index contributed by atoms with van der Waals surface area (Å²) in [6, 6.07) is 7.37. The second-order valence-corrected chi connectivity index (χ2v) is 9.67. The van der Waals surface area contributed by atoms with Gasteiger partial charge in [-0.15, -0.1) is 11.3 Å². The van der Waals surface area contributed by atoms with Crippen molar-refractivity contribution in [1.29, 1.82) is 0 Å². The Morgan fingerprint density at radius 1 is 1.06 bits per heavy atom. The third-order valence-corrected chi connectivity index (χ3v) is 7.39. The second-order valence-electron chi connectivity index (χ2n) is 8.64. The minimum absolute atomic E-state index is 0.0470. The van der Waals surface area contributed by atoms with Crippen molar-refractivity contribution >= 4 is 51.1 Å². The van der Waals surface area contributed by atoms with E-state index >= 15 is 0 Å². The number of carbonyl (C=O) groups excluding carboxylic acids is 4. The molecule has 0 saturated heterocycles. The van der Waals surface area contributed by atoms with Crippen molar-refractivity contribution in [1.82, 2.24) is 4.98 Å². The summed E-state index contributed by atoms with van der Waals surface area (Å²) in [6.07, 6.45) is 2.47. The molecule has 1 aliphatic carbocycles. The van der Waals surface area contributed by atoms with Crippen LogP contribution in [0.5, 0.6) is 0 Å². The van der Waals surface area contributed by atoms with Crippen LogP contribution in [0.15, 0.2) is 24.3 Å². The molecule has 10 heteroatoms. The fraction of sp³-hybridized carbons (Fsp3) is 0.346. The predicted molar refractivity (Wildman–Crippen MR) is 134 cm³/mol. The molecule has 0 aliphatic heterocycles. The Bertz CT molecular complexity index is 1380. The van der Waals surface area contributed by atoms with Gasteiger partial charge in [0.05, 0.1) is 30.9 Å². The average Bonchev–Trinajstić information content (AvgIpc) is 3.20. The summed E-state index contributed by atoms with van der Waals surface area (Å²) >= 11 is 0.886. The van der Waals surface area contributed by atoms with Gasteiger partial charge in [0.15, 0.2) is 6.61 Å². The van der Waals surface area contributed by atoms with E-state index in [0.717, 1.165) is 35.4 Å². The minimum atomic E-state index is -0.713. The molecule has 0 unspecified atom stereocenters. The zero-order valence-corrected chi connectivity index (χ0v) is 21.2. The number of aryl methyl sites for hydroxylation is 1. The fourth-order valence-corrected chi connectivity index (χ4v) is 5.53. The highest BCUT2D eigenvalue weighted by Crippen LogP contribution is 2.35. The number of esters is 3. The lowest BCUT2D eigenvalue weighted by Gasteiger charge is -2.24. The minimum Gasteiger partial charge on any atom is -0.465 e. The standard InChI is InChI=1S/C26H26N2O7S/c1-13-9-10-18-16(11-13)21(15-7-5-6-8-17(15)27-18)25(31)35-12-19(29)28-23-20(24(30)33-3)14(2)22(36-23)26(32)34-4/h5-8,13H,9-12H2,1-4H3,(H,28,29)/t13-/m1/s1. The maximum absolute atomic E-state index is 13.2. The molecule has 0 saturated carbocycles. The number of para-hydroxylation sites is 1. The molecule has 1 aliphatic rings. The number of thiophene rings is 1. The quantitative estimate of drug-likeness (QED) is 0.389. The molecule has 4 rings (SSSR count). The van der Waals surface area contributed by atoms with Crippen molar-refractivity contribution in [3.8, 4) is 0 Å². The van der Waals surface area contributed by atoms with E-state index in [2.05, 4.69) is 12.2 Å². The first-order valence-corrected chi connectivity index (χ1v) is 12.2. The lowest BCUT2D eigenvalue weighted by atomic mass is 9.84. The van der Waals surface area contributed by atoms with Crippen LogP contribution in [0.3, 0.4) is 0 Å². The van der Waals surface area contributed by atoms with E-state index in [0.29, 0.717) is 34.4 Å². The van der Waals surface area contributed by atoms with Gasteiger partial charge in [-0.2, -0.15) is 0 Å². The number of methoxy groups -OCH3 is 2. The van der Waals surface area contributed by atoms with Gasteiger partial charge in [0.1, 0.15) is 9.88 Å². The fourth-order valence-electron chi connectivity index (χ4n) is 4.40. The lowest BCUT2D eigenvalue weighted by molar-refractivity contribution is -0.119. The third-order valence-electron chi connectivity index (χ3n) is 6.20. The van der Waals surface area contributed by atoms with Crippen LogP contribution < -0.4 is 5.32 Å². The monoisotopic (exact) mass is 510 g/mol. The van der Waals surface area contributed by atoms with Gasteiger partial charge in [0, 0.05) is 11.1 Å². The van der Waals surface area contributed by atoms with Gasteiger partial charge >= 0.3 is 17.9 Å². The molecule has 0 fully saturated rings. The molecule has 2 heterocycles. The van der Waals surface area contributed by atoms with Gasteiger partial charge in [-0.05, 0) is 49.3 Å². The summed E-state index contributed by atoms with van der Waals surface area (Å²) in [5.41, 5.74) is 3.26. The molecule has 2 aromatic heterocycles. The summed E-state index contributed by atoms with van der Waals surface area (Å²) in [6.45, 7) is 3.11. The molecule has 1 aromatic carbocycles. The SMILES string of the molecule is COC(=O)c1sc(NC(=O)COC(=O)c2c3c(nc4ccccc24)CC[C@@H](C)C3)c(C(=O)OC)c1C. The van der Waals surface area contributed by atoms with Crippen LogP contribution in [0.25, 0.3) is 10.9 Å². The van der Waals surface area contributed by atoms with Crippen molar-refractivity contribution in [3.05, 3.63) is 57.1 Å². The van der Waals surface area contributed by atoms with E-state index in [-0.39, 0.29) is 15.4 Å². The van der Waals surface area contributed by atoms with Crippen LogP contribution >= 0.6 is 11.3 Å². The summed E-state index contributed by atoms with van der Waals surface area (Å²) in [5.74, 6) is -2.22. The van der Waals surface area contributed by atoms with E-state index in [1.54, 1.807) is 6.92 Å². The summed E-state index contributed by atoms with van der Waals surface area (Å²) in [7, 11) is 2.42. The molecule has 188 valence electrons. The van der Waals surface area contributed by atoms with Gasteiger partial charge < -0.3 is 19.5 Å². The Hall–Kier alpha value is -3.79. The number of hydrogen-bond acceptors (Lipinski definition) is 9. The molecule has 1 amide bonds. The Labute approximate surface area is 211 Å². The van der Waals surface area contributed by atoms with Crippen LogP contribution in [0.2, 0.25) is 0 Å². The smallest absolute Gasteiger partial charge is 0.348 e. The Kier molecular flexibility index (Phi) is 7.35. The van der Waals surface area contributed by atoms with Gasteiger partial charge in [-0.25, -0.2) is 14.4 Å². The predicted octanol–water partition coefficient (Wildman–Crippen LogP) is 4.10. The Morgan fingerprint density at radius 3 is 2.50 bits per heavy atom. The maximum Gasteiger partial charge on any atom is 0.348 e. The number of benzene rings is 1. The number of nitrogens with one attached hydrogen (secondary N) is 1. The number of fused-ring (bicyclic) bond motifs is 2. The molecule has 9 nitrogen and oxygen atoms in total. The maximum atomic E-state index is 13.2. The first-order valence-electron chi connectivity index (χ1n) is 11.4. The van der Waals surface area contributed by atoms with Crippen LogP contribution in [0.1, 0.15) is 60.6 Å². The lowest BCUT2D eigenvalue weighted by Crippen LogP contribution is -2.24. The van der Waals surface area contributed by atoms with Crippen molar-refractivity contribution in [2.75, 3.05) is 26.1 Å². The van der Waals surface area contributed by atoms with E-state index in [9.17, 15) is 19.2 Å². The molecule has 1 atom stereocenters. The number of hydrogen-bond donors (Lipinski definition) is 1. The van der Waals surface area contributed by atoms with Gasteiger partial charge in [-0.3, -0.25) is 9.78 Å². The normalized spacial score (nSPS) is 14.6. The van der Waals surface area contributed by atoms with E-state index in [1.807, 2.05) is 24.3 Å². The molecular formula is C26H26N2O7S. The van der Waals surface area contributed by atoms with Crippen LogP contribution in [-0.2, 0) is 31.8 Å². The molecule has 3 aromatic rings. The number of rotatable bonds is 6. The molecular weight excluding hydrogens is 484 g/mol. The van der Waals surface area contributed by atoms with Crippen molar-refractivity contribution in [2.24, 2.45) is 5.92 Å². The average molecular weight is 511 g/mol. The highest BCUT2D eigenvalue weighted by molar-refractivity contribution is 7.18. The van der Waals surface area contributed by atoms with Crippen molar-refractivity contribution in [2.45, 2.75) is 33.1 Å². The summed E-state index contributed by atoms with van der Waals surface area (Å²) in [4.78, 5) is 55.2. The molecule has 0 bridgehead atoms. The second kappa shape index (κ2) is 10.4. The van der Waals surface area contributed by atoms with E-state index in [1.165, 1.54) is 14.2 Å². The van der Waals surface area contributed by atoms with Gasteiger partial charge in [0.25, 0.3) is 5.91 Å². The molecule has 36 heavy (non-hydrogen) atoms. The van der Waals surface area contributed by atoms with Crippen LogP contribution in [0, 0.1) is 12.8 Å². The van der Waals surface area contributed by atoms with E-state index < -0.39 is 30.4 Å². The van der Waals surface area contributed by atoms with Crippen molar-refractivity contribution in [3.63, 3.8) is 0 Å². The number of nitrogens with zero attached hydrogens (tertiary/aromatic N) is 1. The van der Waals surface area contributed by atoms with Crippen LogP contribution in [-0.4, -0.2) is 49.6 Å². The third kappa shape index (κ3) is 4.81. The highest BCUT2D eigenvalue weighted by atomic mass is 32.1. The topological polar surface area (TPSA) is 121 Å². The van der Waals surface area contributed by atoms with Gasteiger partial charge in [0.2, 0.25) is 0 Å². The van der Waals surface area contributed by atoms with E-state index in [4.69, 9.17) is 19.2 Å². The first-order chi connectivity index (χ1) is 17.2. The summed E-state index contributed by atoms with van der Waals surface area (Å²) in [5, 5.41) is 3.35. The van der Waals surface area contributed by atoms with Crippen molar-refractivity contribution < 1.29 is 33.4 Å². The number of aromatic nitrogens is 1. The number of anilines is 1. The number of pyridine rings is 1. The Morgan fingerprint density at radius 2 is 1.78 bits per heavy atom. The highest BCUT2D eigenvalue weighted by Gasteiger charge is 2.28. The summed E-state index contributed by atoms with van der Waals surface area (Å²) < 4.78 is 15.0. The van der Waals surface area contributed by atoms with Gasteiger partial charge in [-0.1, -0.05) is 25.1 Å². The van der Waals surface area contributed by atoms with Crippen LogP contribution in [0.4, 0.5) is 5.00 Å². The molecule has 0 radical (unpaired) electrons. The Balaban J connectivity index is 1.57. The number of ether oxygens (including phenoxy) is 3. The number of amides is 1. The molecule has 1 N–H and O–H groups in total. The zero-order chi connectivity index (χ0) is 26.0. The first kappa shape index (κ1) is 25.3. The largest absolute Gasteiger partial charge is 0.465 e. The zero-order valence-electron chi connectivity index (χ0n) is 20.4.